The summed E-state index contributed by atoms with van der Waals surface area (Å²) in [5.41, 5.74) is 1.21. The largest absolute Gasteiger partial charge is 0.497 e. The van der Waals surface area contributed by atoms with Gasteiger partial charge in [0.15, 0.2) is 0 Å². The summed E-state index contributed by atoms with van der Waals surface area (Å²) in [6.07, 6.45) is 0. The van der Waals surface area contributed by atoms with Crippen LogP contribution >= 0.6 is 39.0 Å². The zero-order valence-corrected chi connectivity index (χ0v) is 14.6. The van der Waals surface area contributed by atoms with E-state index in [1.54, 1.807) is 30.2 Å². The lowest BCUT2D eigenvalue weighted by Gasteiger charge is -2.01. The zero-order valence-electron chi connectivity index (χ0n) is 11.4. The SMILES string of the molecule is COc1ccc(-c2cc(Sc3ccccc3)c(Br)s2)cc1. The monoisotopic (exact) mass is 376 g/mol. The van der Waals surface area contributed by atoms with Crippen LogP contribution in [0.15, 0.2) is 74.2 Å². The molecule has 0 bridgehead atoms. The maximum absolute atomic E-state index is 5.20. The van der Waals surface area contributed by atoms with Gasteiger partial charge in [-0.15, -0.1) is 11.3 Å². The first-order valence-corrected chi connectivity index (χ1v) is 8.85. The molecule has 3 aromatic rings. The Bertz CT molecular complexity index is 720. The van der Waals surface area contributed by atoms with Crippen LogP contribution in [-0.4, -0.2) is 7.11 Å². The second-order valence-corrected chi connectivity index (χ2v) is 7.88. The summed E-state index contributed by atoms with van der Waals surface area (Å²) in [6, 6.07) is 20.8. The average Bonchev–Trinajstić information content (AvgIpc) is 2.89. The molecule has 4 heteroatoms. The Morgan fingerprint density at radius 2 is 1.71 bits per heavy atom. The van der Waals surface area contributed by atoms with Crippen LogP contribution in [0.5, 0.6) is 5.75 Å². The third-order valence-corrected chi connectivity index (χ3v) is 6.33. The van der Waals surface area contributed by atoms with Gasteiger partial charge in [-0.3, -0.25) is 0 Å². The van der Waals surface area contributed by atoms with E-state index in [2.05, 4.69) is 58.4 Å². The molecule has 0 fully saturated rings. The average molecular weight is 377 g/mol. The maximum Gasteiger partial charge on any atom is 0.118 e. The Kier molecular flexibility index (Phi) is 4.68. The van der Waals surface area contributed by atoms with Crippen molar-refractivity contribution in [1.82, 2.24) is 0 Å². The molecule has 0 spiro atoms. The fourth-order valence-electron chi connectivity index (χ4n) is 1.93. The van der Waals surface area contributed by atoms with Gasteiger partial charge in [-0.25, -0.2) is 0 Å². The molecule has 0 unspecified atom stereocenters. The number of ether oxygens (including phenoxy) is 1. The van der Waals surface area contributed by atoms with Crippen LogP contribution < -0.4 is 4.74 Å². The van der Waals surface area contributed by atoms with Crippen LogP contribution in [-0.2, 0) is 0 Å². The minimum atomic E-state index is 0.883. The van der Waals surface area contributed by atoms with E-state index in [0.29, 0.717) is 0 Å². The van der Waals surface area contributed by atoms with E-state index in [9.17, 15) is 0 Å². The van der Waals surface area contributed by atoms with E-state index in [1.807, 2.05) is 18.2 Å². The maximum atomic E-state index is 5.20. The van der Waals surface area contributed by atoms with E-state index >= 15 is 0 Å². The normalized spacial score (nSPS) is 10.6. The molecule has 0 radical (unpaired) electrons. The Labute approximate surface area is 141 Å². The molecule has 0 aliphatic rings. The van der Waals surface area contributed by atoms with Gasteiger partial charge >= 0.3 is 0 Å². The molecule has 3 rings (SSSR count). The van der Waals surface area contributed by atoms with Gasteiger partial charge in [-0.2, -0.15) is 0 Å². The summed E-state index contributed by atoms with van der Waals surface area (Å²) in [5.74, 6) is 0.883. The van der Waals surface area contributed by atoms with Crippen molar-refractivity contribution < 1.29 is 4.74 Å². The van der Waals surface area contributed by atoms with Crippen LogP contribution in [0.25, 0.3) is 10.4 Å². The lowest BCUT2D eigenvalue weighted by molar-refractivity contribution is 0.415. The van der Waals surface area contributed by atoms with Crippen molar-refractivity contribution in [3.05, 3.63) is 64.5 Å². The highest BCUT2D eigenvalue weighted by molar-refractivity contribution is 9.11. The van der Waals surface area contributed by atoms with E-state index in [1.165, 1.54) is 24.0 Å². The number of halogens is 1. The molecule has 1 aromatic heterocycles. The summed E-state index contributed by atoms with van der Waals surface area (Å²) in [5, 5.41) is 0. The number of benzene rings is 2. The van der Waals surface area contributed by atoms with E-state index in [4.69, 9.17) is 4.74 Å². The molecule has 0 saturated heterocycles. The number of thiophene rings is 1. The predicted octanol–water partition coefficient (Wildman–Crippen LogP) is 6.34. The summed E-state index contributed by atoms with van der Waals surface area (Å²) in [4.78, 5) is 3.75. The molecular weight excluding hydrogens is 364 g/mol. The number of methoxy groups -OCH3 is 1. The van der Waals surface area contributed by atoms with Crippen LogP contribution in [0.1, 0.15) is 0 Å². The highest BCUT2D eigenvalue weighted by Crippen LogP contribution is 2.42. The third kappa shape index (κ3) is 3.51. The third-order valence-electron chi connectivity index (χ3n) is 3.00. The van der Waals surface area contributed by atoms with Crippen molar-refractivity contribution in [1.29, 1.82) is 0 Å². The van der Waals surface area contributed by atoms with Gasteiger partial charge in [-0.05, 0) is 64.0 Å². The number of hydrogen-bond donors (Lipinski definition) is 0. The van der Waals surface area contributed by atoms with Crippen LogP contribution in [0, 0.1) is 0 Å². The molecule has 0 amide bonds. The van der Waals surface area contributed by atoms with E-state index in [0.717, 1.165) is 5.75 Å². The van der Waals surface area contributed by atoms with Gasteiger partial charge in [0.1, 0.15) is 5.75 Å². The van der Waals surface area contributed by atoms with Crippen LogP contribution in [0.2, 0.25) is 0 Å². The van der Waals surface area contributed by atoms with E-state index < -0.39 is 0 Å². The fourth-order valence-corrected chi connectivity index (χ4v) is 4.73. The minimum absolute atomic E-state index is 0.883. The van der Waals surface area contributed by atoms with Gasteiger partial charge in [0.25, 0.3) is 0 Å². The molecule has 0 aliphatic heterocycles. The van der Waals surface area contributed by atoms with Crippen LogP contribution in [0.4, 0.5) is 0 Å². The Morgan fingerprint density at radius 3 is 2.38 bits per heavy atom. The minimum Gasteiger partial charge on any atom is -0.497 e. The molecule has 0 saturated carbocycles. The molecule has 0 aliphatic carbocycles. The van der Waals surface area contributed by atoms with Crippen molar-refractivity contribution in [2.45, 2.75) is 9.79 Å². The van der Waals surface area contributed by atoms with Crippen molar-refractivity contribution in [3.8, 4) is 16.2 Å². The van der Waals surface area contributed by atoms with Gasteiger partial charge in [0.05, 0.1) is 10.9 Å². The van der Waals surface area contributed by atoms with Crippen molar-refractivity contribution in [2.75, 3.05) is 7.11 Å². The van der Waals surface area contributed by atoms with Crippen molar-refractivity contribution >= 4 is 39.0 Å². The first-order chi connectivity index (χ1) is 10.3. The second kappa shape index (κ2) is 6.69. The van der Waals surface area contributed by atoms with Gasteiger partial charge in [0.2, 0.25) is 0 Å². The number of hydrogen-bond acceptors (Lipinski definition) is 3. The van der Waals surface area contributed by atoms with Crippen molar-refractivity contribution in [3.63, 3.8) is 0 Å². The van der Waals surface area contributed by atoms with Gasteiger partial charge < -0.3 is 4.74 Å². The van der Waals surface area contributed by atoms with Crippen LogP contribution in [0.3, 0.4) is 0 Å². The fraction of sp³-hybridized carbons (Fsp3) is 0.0588. The Hall–Kier alpha value is -1.23. The quantitative estimate of drug-likeness (QED) is 0.525. The molecule has 1 heterocycles. The topological polar surface area (TPSA) is 9.23 Å². The highest BCUT2D eigenvalue weighted by Gasteiger charge is 2.10. The standard InChI is InChI=1S/C17H13BrOS2/c1-19-13-9-7-12(8-10-13)15-11-16(17(18)21-15)20-14-5-3-2-4-6-14/h2-11H,1H3. The lowest BCUT2D eigenvalue weighted by Crippen LogP contribution is -1.81. The second-order valence-electron chi connectivity index (χ2n) is 4.39. The first kappa shape index (κ1) is 14.7. The summed E-state index contributed by atoms with van der Waals surface area (Å²) in [6.45, 7) is 0. The zero-order chi connectivity index (χ0) is 14.7. The Balaban J connectivity index is 1.86. The first-order valence-electron chi connectivity index (χ1n) is 6.43. The molecule has 0 N–H and O–H groups in total. The van der Waals surface area contributed by atoms with Gasteiger partial charge in [0, 0.05) is 14.7 Å². The molecule has 21 heavy (non-hydrogen) atoms. The number of rotatable bonds is 4. The van der Waals surface area contributed by atoms with E-state index in [-0.39, 0.29) is 0 Å². The molecule has 2 aromatic carbocycles. The van der Waals surface area contributed by atoms with Crippen molar-refractivity contribution in [2.24, 2.45) is 0 Å². The molecule has 1 nitrogen and oxygen atoms in total. The summed E-state index contributed by atoms with van der Waals surface area (Å²) < 4.78 is 6.37. The predicted molar refractivity (Wildman–Crippen MR) is 94.6 cm³/mol. The molecular formula is C17H13BrOS2. The summed E-state index contributed by atoms with van der Waals surface area (Å²) in [7, 11) is 1.69. The Morgan fingerprint density at radius 1 is 1.00 bits per heavy atom. The highest BCUT2D eigenvalue weighted by atomic mass is 79.9. The smallest absolute Gasteiger partial charge is 0.118 e. The lowest BCUT2D eigenvalue weighted by atomic mass is 10.2. The molecule has 106 valence electrons. The molecule has 0 atom stereocenters. The van der Waals surface area contributed by atoms with Gasteiger partial charge in [-0.1, -0.05) is 30.0 Å². The summed E-state index contributed by atoms with van der Waals surface area (Å²) >= 11 is 7.20.